The summed E-state index contributed by atoms with van der Waals surface area (Å²) in [5.74, 6) is -0.978. The lowest BCUT2D eigenvalue weighted by Crippen LogP contribution is -2.29. The number of carbonyl (C=O) groups is 2. The van der Waals surface area contributed by atoms with E-state index in [2.05, 4.69) is 41.6 Å². The van der Waals surface area contributed by atoms with Crippen molar-refractivity contribution in [3.8, 4) is 0 Å². The van der Waals surface area contributed by atoms with Gasteiger partial charge in [0.2, 0.25) is 5.91 Å². The second-order valence-electron chi connectivity index (χ2n) is 7.30. The molecule has 0 saturated heterocycles. The highest BCUT2D eigenvalue weighted by Crippen LogP contribution is 2.17. The second-order valence-corrected chi connectivity index (χ2v) is 7.30. The lowest BCUT2D eigenvalue weighted by molar-refractivity contribution is -0.138. The zero-order chi connectivity index (χ0) is 20.0. The number of carboxylic acids is 1. The molecule has 2 rings (SSSR count). The number of benzene rings is 1. The predicted octanol–water partition coefficient (Wildman–Crippen LogP) is 3.02. The van der Waals surface area contributed by atoms with Crippen LogP contribution in [0.3, 0.4) is 0 Å². The van der Waals surface area contributed by atoms with E-state index < -0.39 is 5.97 Å². The predicted molar refractivity (Wildman–Crippen MR) is 105 cm³/mol. The van der Waals surface area contributed by atoms with Crippen LogP contribution in [0.2, 0.25) is 0 Å². The minimum absolute atomic E-state index is 0.0580. The van der Waals surface area contributed by atoms with E-state index in [9.17, 15) is 9.59 Å². The van der Waals surface area contributed by atoms with Gasteiger partial charge in [0, 0.05) is 25.1 Å². The summed E-state index contributed by atoms with van der Waals surface area (Å²) >= 11 is 0. The van der Waals surface area contributed by atoms with E-state index in [1.165, 1.54) is 11.1 Å². The number of nitrogens with one attached hydrogen (secondary N) is 1. The second kappa shape index (κ2) is 9.35. The minimum Gasteiger partial charge on any atom is -0.481 e. The van der Waals surface area contributed by atoms with E-state index in [0.717, 1.165) is 17.0 Å². The van der Waals surface area contributed by atoms with Crippen LogP contribution in [0.15, 0.2) is 24.3 Å². The van der Waals surface area contributed by atoms with Crippen LogP contribution in [-0.4, -0.2) is 33.3 Å². The van der Waals surface area contributed by atoms with Crippen molar-refractivity contribution in [1.82, 2.24) is 15.1 Å². The van der Waals surface area contributed by atoms with Gasteiger partial charge in [0.05, 0.1) is 12.2 Å². The van der Waals surface area contributed by atoms with Crippen LogP contribution in [0.4, 0.5) is 0 Å². The molecule has 1 amide bonds. The van der Waals surface area contributed by atoms with Gasteiger partial charge in [-0.1, -0.05) is 36.8 Å². The van der Waals surface area contributed by atoms with Crippen molar-refractivity contribution in [1.29, 1.82) is 0 Å². The van der Waals surface area contributed by atoms with Crippen molar-refractivity contribution in [3.63, 3.8) is 0 Å². The fourth-order valence-corrected chi connectivity index (χ4v) is 3.10. The molecule has 1 aromatic carbocycles. The summed E-state index contributed by atoms with van der Waals surface area (Å²) in [4.78, 5) is 22.7. The maximum absolute atomic E-state index is 12.1. The van der Waals surface area contributed by atoms with Crippen LogP contribution in [0, 0.1) is 26.7 Å². The number of aromatic nitrogens is 2. The van der Waals surface area contributed by atoms with Crippen molar-refractivity contribution in [3.05, 3.63) is 52.3 Å². The average Bonchev–Trinajstić information content (AvgIpc) is 2.86. The molecule has 0 fully saturated rings. The summed E-state index contributed by atoms with van der Waals surface area (Å²) < 4.78 is 1.99. The van der Waals surface area contributed by atoms with Gasteiger partial charge in [0.1, 0.15) is 0 Å². The maximum atomic E-state index is 12.1. The number of amides is 1. The average molecular weight is 371 g/mol. The molecule has 0 saturated carbocycles. The number of carboxylic acid groups (broad SMARTS) is 1. The van der Waals surface area contributed by atoms with E-state index in [0.29, 0.717) is 25.9 Å². The molecule has 0 aliphatic carbocycles. The maximum Gasteiger partial charge on any atom is 0.303 e. The highest BCUT2D eigenvalue weighted by atomic mass is 16.4. The molecule has 0 aliphatic rings. The first-order valence-electron chi connectivity index (χ1n) is 9.33. The number of hydrogen-bond donors (Lipinski definition) is 2. The number of hydrogen-bond acceptors (Lipinski definition) is 3. The molecule has 6 nitrogen and oxygen atoms in total. The Hall–Kier alpha value is -2.63. The molecule has 27 heavy (non-hydrogen) atoms. The van der Waals surface area contributed by atoms with Gasteiger partial charge in [-0.05, 0) is 44.2 Å². The number of rotatable bonds is 9. The molecule has 0 aliphatic heterocycles. The van der Waals surface area contributed by atoms with Crippen molar-refractivity contribution in [2.24, 2.45) is 5.92 Å². The van der Waals surface area contributed by atoms with Gasteiger partial charge in [-0.25, -0.2) is 0 Å². The molecule has 0 bridgehead atoms. The molecule has 1 aromatic heterocycles. The first-order chi connectivity index (χ1) is 12.8. The summed E-state index contributed by atoms with van der Waals surface area (Å²) in [6, 6.07) is 8.41. The van der Waals surface area contributed by atoms with Crippen LogP contribution in [0.5, 0.6) is 0 Å². The SMILES string of the molecule is Cc1ccc(Cn2nc(C)c(CCC(=O)NCC(C)CC(=O)O)c2C)cc1. The molecule has 2 N–H and O–H groups in total. The zero-order valence-electron chi connectivity index (χ0n) is 16.6. The van der Waals surface area contributed by atoms with Gasteiger partial charge in [0.25, 0.3) is 0 Å². The minimum atomic E-state index is -0.844. The molecule has 6 heteroatoms. The quantitative estimate of drug-likeness (QED) is 0.710. The molecule has 146 valence electrons. The van der Waals surface area contributed by atoms with Gasteiger partial charge in [-0.15, -0.1) is 0 Å². The lowest BCUT2D eigenvalue weighted by Gasteiger charge is -2.10. The topological polar surface area (TPSA) is 84.2 Å². The monoisotopic (exact) mass is 371 g/mol. The summed E-state index contributed by atoms with van der Waals surface area (Å²) in [5, 5.41) is 16.2. The normalized spacial score (nSPS) is 12.0. The highest BCUT2D eigenvalue weighted by molar-refractivity contribution is 5.76. The first kappa shape index (κ1) is 20.7. The Bertz CT molecular complexity index is 794. The first-order valence-corrected chi connectivity index (χ1v) is 9.33. The Kier molecular flexibility index (Phi) is 7.16. The molecular weight excluding hydrogens is 342 g/mol. The van der Waals surface area contributed by atoms with Crippen LogP contribution in [-0.2, 0) is 22.6 Å². The Balaban J connectivity index is 1.91. The van der Waals surface area contributed by atoms with Gasteiger partial charge < -0.3 is 10.4 Å². The number of carbonyl (C=O) groups excluding carboxylic acids is 1. The summed E-state index contributed by atoms with van der Waals surface area (Å²) in [6.45, 7) is 9.00. The van der Waals surface area contributed by atoms with E-state index in [1.807, 2.05) is 25.5 Å². The van der Waals surface area contributed by atoms with Crippen LogP contribution in [0.1, 0.15) is 47.8 Å². The van der Waals surface area contributed by atoms with E-state index >= 15 is 0 Å². The van der Waals surface area contributed by atoms with Crippen molar-refractivity contribution in [2.45, 2.75) is 53.5 Å². The molecular formula is C21H29N3O3. The van der Waals surface area contributed by atoms with Crippen LogP contribution >= 0.6 is 0 Å². The summed E-state index contributed by atoms with van der Waals surface area (Å²) in [6.07, 6.45) is 1.06. The van der Waals surface area contributed by atoms with Crippen molar-refractivity contribution >= 4 is 11.9 Å². The fraction of sp³-hybridized carbons (Fsp3) is 0.476. The highest BCUT2D eigenvalue weighted by Gasteiger charge is 2.14. The molecule has 1 unspecified atom stereocenters. The number of aryl methyl sites for hydroxylation is 2. The molecule has 1 heterocycles. The molecule has 0 spiro atoms. The molecule has 1 atom stereocenters. The third-order valence-corrected chi connectivity index (χ3v) is 4.76. The Labute approximate surface area is 160 Å². The summed E-state index contributed by atoms with van der Waals surface area (Å²) in [5.41, 5.74) is 5.57. The third-order valence-electron chi connectivity index (χ3n) is 4.76. The largest absolute Gasteiger partial charge is 0.481 e. The van der Waals surface area contributed by atoms with Crippen molar-refractivity contribution in [2.75, 3.05) is 6.54 Å². The van der Waals surface area contributed by atoms with Crippen molar-refractivity contribution < 1.29 is 14.7 Å². The summed E-state index contributed by atoms with van der Waals surface area (Å²) in [7, 11) is 0. The van der Waals surface area contributed by atoms with Crippen LogP contribution < -0.4 is 5.32 Å². The van der Waals surface area contributed by atoms with Gasteiger partial charge in [-0.2, -0.15) is 5.10 Å². The van der Waals surface area contributed by atoms with E-state index in [1.54, 1.807) is 0 Å². The smallest absolute Gasteiger partial charge is 0.303 e. The molecule has 2 aromatic rings. The Morgan fingerprint density at radius 1 is 1.19 bits per heavy atom. The number of nitrogens with zero attached hydrogens (tertiary/aromatic N) is 2. The lowest BCUT2D eigenvalue weighted by atomic mass is 10.1. The van der Waals surface area contributed by atoms with Gasteiger partial charge in [0.15, 0.2) is 0 Å². The standard InChI is InChI=1S/C21H29N3O3/c1-14-5-7-18(8-6-14)13-24-17(4)19(16(3)23-24)9-10-20(25)22-12-15(2)11-21(26)27/h5-8,15H,9-13H2,1-4H3,(H,22,25)(H,26,27). The fourth-order valence-electron chi connectivity index (χ4n) is 3.10. The van der Waals surface area contributed by atoms with Gasteiger partial charge in [-0.3, -0.25) is 14.3 Å². The number of aliphatic carboxylic acids is 1. The van der Waals surface area contributed by atoms with Gasteiger partial charge >= 0.3 is 5.97 Å². The Morgan fingerprint density at radius 3 is 2.48 bits per heavy atom. The van der Waals surface area contributed by atoms with Crippen LogP contribution in [0.25, 0.3) is 0 Å². The zero-order valence-corrected chi connectivity index (χ0v) is 16.6. The van der Waals surface area contributed by atoms with E-state index in [4.69, 9.17) is 5.11 Å². The van der Waals surface area contributed by atoms with E-state index in [-0.39, 0.29) is 18.2 Å². The third kappa shape index (κ3) is 6.24. The molecule has 0 radical (unpaired) electrons. The Morgan fingerprint density at radius 2 is 1.85 bits per heavy atom.